The van der Waals surface area contributed by atoms with Crippen LogP contribution in [-0.2, 0) is 12.7 Å². The van der Waals surface area contributed by atoms with Crippen LogP contribution in [0.2, 0.25) is 45.3 Å². The fourth-order valence-corrected chi connectivity index (χ4v) is 14.6. The highest BCUT2D eigenvalue weighted by atomic mass is 28.5. The maximum Gasteiger partial charge on any atom is 0.389 e. The summed E-state index contributed by atoms with van der Waals surface area (Å²) in [7, 11) is -4.55. The Morgan fingerprint density at radius 2 is 1.25 bits per heavy atom. The molecule has 0 N–H and O–H groups in total. The summed E-state index contributed by atoms with van der Waals surface area (Å²) in [5, 5.41) is 0. The molecular weight excluding hydrogens is 369 g/mol. The summed E-state index contributed by atoms with van der Waals surface area (Å²) in [5.41, 5.74) is 0. The standard InChI is InChI=1S/C15H35F3O3Si3/c1-19-23(5,6)21-24(7,20-22(2,3)4)14-12-10-8-9-11-13-15(16,17)18/h8-14H2,1-7H3. The van der Waals surface area contributed by atoms with Crippen molar-refractivity contribution in [3.63, 3.8) is 0 Å². The molecule has 24 heavy (non-hydrogen) atoms. The van der Waals surface area contributed by atoms with Gasteiger partial charge in [-0.15, -0.1) is 0 Å². The molecule has 0 rings (SSSR count). The maximum atomic E-state index is 12.1. The lowest BCUT2D eigenvalue weighted by molar-refractivity contribution is -0.135. The van der Waals surface area contributed by atoms with E-state index in [0.717, 1.165) is 25.3 Å². The second-order valence-corrected chi connectivity index (χ2v) is 19.8. The van der Waals surface area contributed by atoms with E-state index < -0.39 is 38.0 Å². The first-order valence-electron chi connectivity index (χ1n) is 8.70. The summed E-state index contributed by atoms with van der Waals surface area (Å²) < 4.78 is 54.6. The molecule has 0 aliphatic heterocycles. The lowest BCUT2D eigenvalue weighted by atomic mass is 10.1. The second-order valence-electron chi connectivity index (χ2n) is 7.94. The Morgan fingerprint density at radius 3 is 1.71 bits per heavy atom. The van der Waals surface area contributed by atoms with E-state index in [1.807, 2.05) is 13.1 Å². The molecule has 0 aliphatic carbocycles. The molecule has 0 aromatic rings. The van der Waals surface area contributed by atoms with E-state index in [0.29, 0.717) is 6.42 Å². The highest BCUT2D eigenvalue weighted by Gasteiger charge is 2.42. The zero-order valence-electron chi connectivity index (χ0n) is 16.3. The molecule has 0 aromatic carbocycles. The number of alkyl halides is 3. The summed E-state index contributed by atoms with van der Waals surface area (Å²) in [5.74, 6) is 0. The summed E-state index contributed by atoms with van der Waals surface area (Å²) >= 11 is 0. The minimum absolute atomic E-state index is 0.226. The number of hydrogen-bond acceptors (Lipinski definition) is 3. The molecule has 146 valence electrons. The van der Waals surface area contributed by atoms with Crippen molar-refractivity contribution in [2.24, 2.45) is 0 Å². The number of unbranched alkanes of at least 4 members (excludes halogenated alkanes) is 4. The monoisotopic (exact) mass is 404 g/mol. The van der Waals surface area contributed by atoms with Gasteiger partial charge in [-0.2, -0.15) is 13.2 Å². The molecule has 3 nitrogen and oxygen atoms in total. The molecule has 0 heterocycles. The van der Waals surface area contributed by atoms with Crippen LogP contribution in [0.25, 0.3) is 0 Å². The van der Waals surface area contributed by atoms with Gasteiger partial charge in [0.1, 0.15) is 0 Å². The third-order valence-corrected chi connectivity index (χ3v) is 13.7. The molecule has 9 heteroatoms. The summed E-state index contributed by atoms with van der Waals surface area (Å²) in [4.78, 5) is 0. The van der Waals surface area contributed by atoms with Crippen molar-refractivity contribution in [2.75, 3.05) is 7.11 Å². The number of rotatable bonds is 12. The minimum atomic E-state index is -4.03. The molecule has 0 radical (unpaired) electrons. The highest BCUT2D eigenvalue weighted by molar-refractivity contribution is 6.86. The predicted octanol–water partition coefficient (Wildman–Crippen LogP) is 6.18. The van der Waals surface area contributed by atoms with Crippen molar-refractivity contribution in [3.8, 4) is 0 Å². The van der Waals surface area contributed by atoms with Gasteiger partial charge in [-0.25, -0.2) is 0 Å². The SMILES string of the molecule is CO[Si](C)(C)O[Si](C)(CCCCCCCC(F)(F)F)O[Si](C)(C)C. The van der Waals surface area contributed by atoms with Gasteiger partial charge < -0.3 is 12.7 Å². The van der Waals surface area contributed by atoms with E-state index in [1.54, 1.807) is 7.11 Å². The third-order valence-electron chi connectivity index (χ3n) is 3.57. The van der Waals surface area contributed by atoms with Crippen LogP contribution < -0.4 is 0 Å². The topological polar surface area (TPSA) is 27.7 Å². The van der Waals surface area contributed by atoms with Crippen LogP contribution in [0.15, 0.2) is 0 Å². The van der Waals surface area contributed by atoms with Crippen LogP contribution in [0.4, 0.5) is 13.2 Å². The van der Waals surface area contributed by atoms with E-state index in [4.69, 9.17) is 12.7 Å². The van der Waals surface area contributed by atoms with E-state index >= 15 is 0 Å². The van der Waals surface area contributed by atoms with Gasteiger partial charge in [-0.3, -0.25) is 0 Å². The largest absolute Gasteiger partial charge is 0.437 e. The van der Waals surface area contributed by atoms with Crippen LogP contribution >= 0.6 is 0 Å². The van der Waals surface area contributed by atoms with Gasteiger partial charge in [0.2, 0.25) is 0 Å². The van der Waals surface area contributed by atoms with Crippen molar-refractivity contribution in [2.45, 2.75) is 90.0 Å². The molecule has 0 spiro atoms. The molecule has 0 aromatic heterocycles. The molecule has 0 bridgehead atoms. The second kappa shape index (κ2) is 9.86. The van der Waals surface area contributed by atoms with Crippen LogP contribution in [0, 0.1) is 0 Å². The van der Waals surface area contributed by atoms with Gasteiger partial charge in [0.25, 0.3) is 0 Å². The summed E-state index contributed by atoms with van der Waals surface area (Å²) in [6.07, 6.45) is -1.15. The molecular formula is C15H35F3O3Si3. The first-order valence-corrected chi connectivity index (χ1v) is 17.5. The van der Waals surface area contributed by atoms with Crippen LogP contribution in [0.5, 0.6) is 0 Å². The van der Waals surface area contributed by atoms with Crippen LogP contribution in [0.1, 0.15) is 38.5 Å². The average molecular weight is 405 g/mol. The van der Waals surface area contributed by atoms with Crippen molar-refractivity contribution in [1.82, 2.24) is 0 Å². The van der Waals surface area contributed by atoms with E-state index in [2.05, 4.69) is 26.2 Å². The zero-order valence-corrected chi connectivity index (χ0v) is 19.3. The highest BCUT2D eigenvalue weighted by Crippen LogP contribution is 2.27. The van der Waals surface area contributed by atoms with Gasteiger partial charge in [-0.05, 0) is 51.7 Å². The van der Waals surface area contributed by atoms with Gasteiger partial charge >= 0.3 is 23.3 Å². The Bertz CT molecular complexity index is 360. The summed E-state index contributed by atoms with van der Waals surface area (Å²) in [6.45, 7) is 12.6. The van der Waals surface area contributed by atoms with E-state index in [9.17, 15) is 13.2 Å². The van der Waals surface area contributed by atoms with Crippen molar-refractivity contribution < 1.29 is 25.8 Å². The Balaban J connectivity index is 4.33. The molecule has 0 aliphatic rings. The van der Waals surface area contributed by atoms with Crippen LogP contribution in [0.3, 0.4) is 0 Å². The van der Waals surface area contributed by atoms with E-state index in [-0.39, 0.29) is 6.42 Å². The van der Waals surface area contributed by atoms with Crippen molar-refractivity contribution in [3.05, 3.63) is 0 Å². The van der Waals surface area contributed by atoms with Crippen LogP contribution in [-0.4, -0.2) is 38.7 Å². The lowest BCUT2D eigenvalue weighted by Gasteiger charge is -2.38. The predicted molar refractivity (Wildman–Crippen MR) is 100 cm³/mol. The van der Waals surface area contributed by atoms with Crippen molar-refractivity contribution in [1.29, 1.82) is 0 Å². The molecule has 1 atom stereocenters. The van der Waals surface area contributed by atoms with Crippen molar-refractivity contribution >= 4 is 25.4 Å². The fraction of sp³-hybridized carbons (Fsp3) is 1.00. The Kier molecular flexibility index (Phi) is 10.00. The normalized spacial score (nSPS) is 16.2. The quantitative estimate of drug-likeness (QED) is 0.287. The number of hydrogen-bond donors (Lipinski definition) is 0. The molecule has 1 unspecified atom stereocenters. The number of halogens is 3. The van der Waals surface area contributed by atoms with Gasteiger partial charge in [0.15, 0.2) is 8.32 Å². The minimum Gasteiger partial charge on any atom is -0.437 e. The smallest absolute Gasteiger partial charge is 0.389 e. The zero-order chi connectivity index (χ0) is 19.1. The van der Waals surface area contributed by atoms with E-state index in [1.165, 1.54) is 0 Å². The maximum absolute atomic E-state index is 12.1. The summed E-state index contributed by atoms with van der Waals surface area (Å²) in [6, 6.07) is 0.871. The van der Waals surface area contributed by atoms with Gasteiger partial charge in [0, 0.05) is 13.5 Å². The lowest BCUT2D eigenvalue weighted by Crippen LogP contribution is -2.54. The first-order chi connectivity index (χ1) is 10.7. The molecule has 0 saturated heterocycles. The fourth-order valence-electron chi connectivity index (χ4n) is 2.63. The van der Waals surface area contributed by atoms with Gasteiger partial charge in [0.05, 0.1) is 0 Å². The molecule has 0 fully saturated rings. The average Bonchev–Trinajstić information content (AvgIpc) is 2.33. The Morgan fingerprint density at radius 1 is 0.750 bits per heavy atom. The first kappa shape index (κ1) is 24.3. The third kappa shape index (κ3) is 13.6. The molecule has 0 saturated carbocycles. The Hall–Kier alpha value is 0.321. The van der Waals surface area contributed by atoms with Gasteiger partial charge in [-0.1, -0.05) is 25.7 Å². The molecule has 0 amide bonds. The Labute approximate surface area is 148 Å².